The zero-order valence-electron chi connectivity index (χ0n) is 20.9. The van der Waals surface area contributed by atoms with Crippen LogP contribution in [0.4, 0.5) is 0 Å². The highest BCUT2D eigenvalue weighted by Crippen LogP contribution is 2.26. The second kappa shape index (κ2) is 12.6. The van der Waals surface area contributed by atoms with Crippen molar-refractivity contribution in [1.82, 2.24) is 4.31 Å². The minimum Gasteiger partial charge on any atom is -0.423 e. The summed E-state index contributed by atoms with van der Waals surface area (Å²) in [5.41, 5.74) is 2.72. The second-order valence-electron chi connectivity index (χ2n) is 8.59. The van der Waals surface area contributed by atoms with Crippen LogP contribution in [0.2, 0.25) is 0 Å². The Morgan fingerprint density at radius 2 is 1.50 bits per heavy atom. The minimum atomic E-state index is -3.61. The number of hydrogen-bond donors (Lipinski definition) is 1. The lowest BCUT2D eigenvalue weighted by Gasteiger charge is -2.21. The van der Waals surface area contributed by atoms with E-state index in [9.17, 15) is 18.3 Å². The molecule has 6 nitrogen and oxygen atoms in total. The van der Waals surface area contributed by atoms with E-state index >= 15 is 0 Å². The van der Waals surface area contributed by atoms with Gasteiger partial charge < -0.3 is 9.84 Å². The fraction of sp³-hybridized carbons (Fsp3) is 0.276. The molecule has 190 valence electrons. The van der Waals surface area contributed by atoms with Crippen molar-refractivity contribution in [3.63, 3.8) is 0 Å². The highest BCUT2D eigenvalue weighted by molar-refractivity contribution is 7.89. The average molecular weight is 508 g/mol. The molecule has 0 fully saturated rings. The number of ether oxygens (including phenoxy) is 1. The smallest absolute Gasteiger partial charge is 0.343 e. The molecule has 0 saturated heterocycles. The van der Waals surface area contributed by atoms with Crippen molar-refractivity contribution in [3.8, 4) is 5.75 Å². The largest absolute Gasteiger partial charge is 0.423 e. The normalized spacial score (nSPS) is 13.0. The molecule has 0 aliphatic carbocycles. The van der Waals surface area contributed by atoms with Gasteiger partial charge in [0.2, 0.25) is 10.0 Å². The van der Waals surface area contributed by atoms with E-state index in [1.54, 1.807) is 24.3 Å². The first-order valence-electron chi connectivity index (χ1n) is 12.1. The molecule has 0 saturated carbocycles. The Morgan fingerprint density at radius 3 is 2.06 bits per heavy atom. The standard InChI is InChI=1S/C29H33NO5S/c1-4-19-30(20-5-2)36(33,34)27-17-13-25(14-18-27)29(32)35-26-15-11-24(12-16-26)28(31)22(3)21-23-9-7-6-8-10-23/h6-18,21,28,31H,4-5,19-20H2,1-3H3/b22-21+/t28-/m1/s1. The predicted octanol–water partition coefficient (Wildman–Crippen LogP) is 5.85. The fourth-order valence-electron chi connectivity index (χ4n) is 3.80. The number of aliphatic hydroxyl groups excluding tert-OH is 1. The summed E-state index contributed by atoms with van der Waals surface area (Å²) in [6.07, 6.45) is 2.58. The minimum absolute atomic E-state index is 0.151. The van der Waals surface area contributed by atoms with Crippen LogP contribution in [0.15, 0.2) is 89.3 Å². The Hall–Kier alpha value is -3.26. The van der Waals surface area contributed by atoms with Gasteiger partial charge in [0.05, 0.1) is 10.5 Å². The molecule has 0 bridgehead atoms. The van der Waals surface area contributed by atoms with Gasteiger partial charge in [-0.15, -0.1) is 0 Å². The van der Waals surface area contributed by atoms with Crippen molar-refractivity contribution in [1.29, 1.82) is 0 Å². The molecule has 1 atom stereocenters. The number of benzene rings is 3. The van der Waals surface area contributed by atoms with E-state index in [0.29, 0.717) is 24.4 Å². The van der Waals surface area contributed by atoms with Crippen LogP contribution in [-0.2, 0) is 10.0 Å². The van der Waals surface area contributed by atoms with Gasteiger partial charge in [0, 0.05) is 13.1 Å². The highest BCUT2D eigenvalue weighted by atomic mass is 32.2. The van der Waals surface area contributed by atoms with Crippen molar-refractivity contribution in [2.45, 2.75) is 44.6 Å². The first-order chi connectivity index (χ1) is 17.3. The summed E-state index contributed by atoms with van der Waals surface area (Å²) < 4.78 is 32.7. The third-order valence-corrected chi connectivity index (χ3v) is 7.62. The summed E-state index contributed by atoms with van der Waals surface area (Å²) in [5, 5.41) is 10.7. The third-order valence-electron chi connectivity index (χ3n) is 5.71. The molecule has 0 aromatic heterocycles. The van der Waals surface area contributed by atoms with Crippen molar-refractivity contribution >= 4 is 22.1 Å². The first kappa shape index (κ1) is 27.3. The lowest BCUT2D eigenvalue weighted by molar-refractivity contribution is 0.0734. The van der Waals surface area contributed by atoms with Crippen molar-refractivity contribution in [2.75, 3.05) is 13.1 Å². The molecule has 0 radical (unpaired) electrons. The number of carbonyl (C=O) groups excluding carboxylic acids is 1. The zero-order valence-corrected chi connectivity index (χ0v) is 21.7. The van der Waals surface area contributed by atoms with Crippen LogP contribution in [0.1, 0.15) is 61.2 Å². The van der Waals surface area contributed by atoms with Crippen molar-refractivity contribution in [3.05, 3.63) is 101 Å². The molecule has 3 aromatic rings. The molecule has 7 heteroatoms. The van der Waals surface area contributed by atoms with Gasteiger partial charge in [0.25, 0.3) is 0 Å². The Balaban J connectivity index is 1.67. The van der Waals surface area contributed by atoms with Crippen LogP contribution >= 0.6 is 0 Å². The van der Waals surface area contributed by atoms with E-state index in [1.165, 1.54) is 28.6 Å². The number of sulfonamides is 1. The number of esters is 1. The molecule has 0 heterocycles. The molecule has 1 N–H and O–H groups in total. The summed E-state index contributed by atoms with van der Waals surface area (Å²) in [6.45, 7) is 6.64. The molecular formula is C29H33NO5S. The maximum atomic E-state index is 12.9. The Bertz CT molecular complexity index is 1260. The molecule has 3 aromatic carbocycles. The maximum Gasteiger partial charge on any atom is 0.343 e. The van der Waals surface area contributed by atoms with E-state index in [4.69, 9.17) is 4.74 Å². The molecule has 36 heavy (non-hydrogen) atoms. The number of aliphatic hydroxyl groups is 1. The summed E-state index contributed by atoms with van der Waals surface area (Å²) >= 11 is 0. The van der Waals surface area contributed by atoms with Gasteiger partial charge in [-0.05, 0) is 72.9 Å². The second-order valence-corrected chi connectivity index (χ2v) is 10.5. The van der Waals surface area contributed by atoms with Gasteiger partial charge in [-0.2, -0.15) is 4.31 Å². The van der Waals surface area contributed by atoms with Crippen LogP contribution in [0.3, 0.4) is 0 Å². The monoisotopic (exact) mass is 507 g/mol. The topological polar surface area (TPSA) is 83.9 Å². The Kier molecular flexibility index (Phi) is 9.58. The molecule has 0 spiro atoms. The van der Waals surface area contributed by atoms with Gasteiger partial charge in [0.15, 0.2) is 0 Å². The lowest BCUT2D eigenvalue weighted by atomic mass is 10.0. The number of hydrogen-bond acceptors (Lipinski definition) is 5. The Morgan fingerprint density at radius 1 is 0.917 bits per heavy atom. The van der Waals surface area contributed by atoms with Crippen LogP contribution in [0, 0.1) is 0 Å². The SMILES string of the molecule is CCCN(CCC)S(=O)(=O)c1ccc(C(=O)Oc2ccc([C@H](O)/C(C)=C/c3ccccc3)cc2)cc1. The fourth-order valence-corrected chi connectivity index (χ4v) is 5.43. The zero-order chi connectivity index (χ0) is 26.1. The van der Waals surface area contributed by atoms with Gasteiger partial charge in [0.1, 0.15) is 11.9 Å². The van der Waals surface area contributed by atoms with Gasteiger partial charge in [-0.1, -0.05) is 62.4 Å². The molecule has 0 aliphatic rings. The van der Waals surface area contributed by atoms with Crippen LogP contribution in [0.5, 0.6) is 5.75 Å². The van der Waals surface area contributed by atoms with E-state index in [-0.39, 0.29) is 10.5 Å². The average Bonchev–Trinajstić information content (AvgIpc) is 2.89. The van der Waals surface area contributed by atoms with Crippen LogP contribution < -0.4 is 4.74 Å². The predicted molar refractivity (Wildman–Crippen MR) is 142 cm³/mol. The molecule has 0 aliphatic heterocycles. The van der Waals surface area contributed by atoms with Crippen molar-refractivity contribution in [2.24, 2.45) is 0 Å². The summed E-state index contributed by atoms with van der Waals surface area (Å²) in [6, 6.07) is 22.2. The van der Waals surface area contributed by atoms with Crippen LogP contribution in [-0.4, -0.2) is 36.9 Å². The van der Waals surface area contributed by atoms with Crippen molar-refractivity contribution < 1.29 is 23.1 Å². The number of rotatable bonds is 11. The first-order valence-corrected chi connectivity index (χ1v) is 13.5. The number of nitrogens with zero attached hydrogens (tertiary/aromatic N) is 1. The summed E-state index contributed by atoms with van der Waals surface area (Å²) in [7, 11) is -3.61. The van der Waals surface area contributed by atoms with E-state index in [0.717, 1.165) is 24.0 Å². The number of carbonyl (C=O) groups is 1. The van der Waals surface area contributed by atoms with Crippen LogP contribution in [0.25, 0.3) is 6.08 Å². The van der Waals surface area contributed by atoms with E-state index in [2.05, 4.69) is 0 Å². The van der Waals surface area contributed by atoms with Gasteiger partial charge in [-0.25, -0.2) is 13.2 Å². The highest BCUT2D eigenvalue weighted by Gasteiger charge is 2.23. The van der Waals surface area contributed by atoms with E-state index < -0.39 is 22.1 Å². The molecular weight excluding hydrogens is 474 g/mol. The summed E-state index contributed by atoms with van der Waals surface area (Å²) in [4.78, 5) is 12.8. The maximum absolute atomic E-state index is 12.9. The molecule has 3 rings (SSSR count). The molecule has 0 unspecified atom stereocenters. The van der Waals surface area contributed by atoms with Gasteiger partial charge >= 0.3 is 5.97 Å². The Labute approximate surface area is 213 Å². The third kappa shape index (κ3) is 6.91. The quantitative estimate of drug-likeness (QED) is 0.260. The molecule has 0 amide bonds. The summed E-state index contributed by atoms with van der Waals surface area (Å²) in [5.74, 6) is -0.263. The van der Waals surface area contributed by atoms with E-state index in [1.807, 2.05) is 57.2 Å². The lowest BCUT2D eigenvalue weighted by Crippen LogP contribution is -2.32. The van der Waals surface area contributed by atoms with Gasteiger partial charge in [-0.3, -0.25) is 0 Å².